The number of nitrogens with zero attached hydrogens (tertiary/aromatic N) is 1. The molecule has 1 aliphatic rings. The van der Waals surface area contributed by atoms with Crippen LogP contribution in [0.3, 0.4) is 0 Å². The third kappa shape index (κ3) is 4.81. The number of carbonyl (C=O) groups excluding carboxylic acids is 2. The molecule has 1 aromatic carbocycles. The van der Waals surface area contributed by atoms with Crippen LogP contribution < -0.4 is 5.32 Å². The molecule has 1 aromatic rings. The summed E-state index contributed by atoms with van der Waals surface area (Å²) in [5.74, 6) is -1.15. The summed E-state index contributed by atoms with van der Waals surface area (Å²) in [6.07, 6.45) is 4.18. The summed E-state index contributed by atoms with van der Waals surface area (Å²) in [6.45, 7) is 0.104. The summed E-state index contributed by atoms with van der Waals surface area (Å²) in [6, 6.07) is 6.85. The number of rotatable bonds is 6. The molecule has 0 unspecified atom stereocenters. The van der Waals surface area contributed by atoms with Crippen LogP contribution in [0.25, 0.3) is 0 Å². The summed E-state index contributed by atoms with van der Waals surface area (Å²) < 4.78 is 0. The van der Waals surface area contributed by atoms with E-state index in [0.717, 1.165) is 36.1 Å². The predicted octanol–water partition coefficient (Wildman–Crippen LogP) is 1.65. The Labute approximate surface area is 135 Å². The molecule has 6 heteroatoms. The second kappa shape index (κ2) is 7.76. The summed E-state index contributed by atoms with van der Waals surface area (Å²) in [5.41, 5.74) is 1.34. The van der Waals surface area contributed by atoms with Crippen LogP contribution in [0.1, 0.15) is 41.6 Å². The fourth-order valence-corrected chi connectivity index (χ4v) is 2.78. The Kier molecular flexibility index (Phi) is 5.73. The largest absolute Gasteiger partial charge is 0.480 e. The second-order valence-electron chi connectivity index (χ2n) is 5.95. The lowest BCUT2D eigenvalue weighted by Gasteiger charge is -2.15. The lowest BCUT2D eigenvalue weighted by Crippen LogP contribution is -2.32. The van der Waals surface area contributed by atoms with Crippen LogP contribution in [-0.4, -0.2) is 41.4 Å². The van der Waals surface area contributed by atoms with Crippen molar-refractivity contribution in [1.82, 2.24) is 10.2 Å². The molecule has 0 radical (unpaired) electrons. The van der Waals surface area contributed by atoms with Gasteiger partial charge in [-0.25, -0.2) is 0 Å². The fraction of sp³-hybridized carbons (Fsp3) is 0.471. The number of likely N-dealkylation sites (N-methyl/N-ethyl adjacent to an activating group) is 1. The van der Waals surface area contributed by atoms with Crippen molar-refractivity contribution in [3.63, 3.8) is 0 Å². The van der Waals surface area contributed by atoms with E-state index in [4.69, 9.17) is 5.11 Å². The summed E-state index contributed by atoms with van der Waals surface area (Å²) in [7, 11) is 1.45. The Balaban J connectivity index is 1.87. The number of carboxylic acid groups (broad SMARTS) is 1. The highest BCUT2D eigenvalue weighted by atomic mass is 16.4. The van der Waals surface area contributed by atoms with Gasteiger partial charge >= 0.3 is 5.97 Å². The number of benzene rings is 1. The van der Waals surface area contributed by atoms with Crippen LogP contribution in [0, 0.1) is 5.92 Å². The van der Waals surface area contributed by atoms with Crippen LogP contribution in [-0.2, 0) is 16.1 Å². The Morgan fingerprint density at radius 1 is 1.17 bits per heavy atom. The van der Waals surface area contributed by atoms with E-state index in [2.05, 4.69) is 5.32 Å². The van der Waals surface area contributed by atoms with E-state index in [0.29, 0.717) is 12.1 Å². The maximum atomic E-state index is 12.0. The van der Waals surface area contributed by atoms with Crippen molar-refractivity contribution in [2.75, 3.05) is 13.6 Å². The quantitative estimate of drug-likeness (QED) is 0.835. The molecule has 0 atom stereocenters. The van der Waals surface area contributed by atoms with Gasteiger partial charge in [0, 0.05) is 25.1 Å². The van der Waals surface area contributed by atoms with Crippen LogP contribution in [0.4, 0.5) is 0 Å². The zero-order valence-electron chi connectivity index (χ0n) is 13.2. The fourth-order valence-electron chi connectivity index (χ4n) is 2.78. The minimum atomic E-state index is -1.05. The van der Waals surface area contributed by atoms with E-state index < -0.39 is 5.97 Å². The highest BCUT2D eigenvalue weighted by molar-refractivity contribution is 5.95. The van der Waals surface area contributed by atoms with Gasteiger partial charge in [0.1, 0.15) is 6.54 Å². The maximum absolute atomic E-state index is 12.0. The predicted molar refractivity (Wildman–Crippen MR) is 84.8 cm³/mol. The lowest BCUT2D eigenvalue weighted by atomic mass is 10.1. The van der Waals surface area contributed by atoms with Gasteiger partial charge in [0.2, 0.25) is 5.91 Å². The molecule has 0 aliphatic heterocycles. The van der Waals surface area contributed by atoms with Crippen molar-refractivity contribution in [3.05, 3.63) is 35.4 Å². The van der Waals surface area contributed by atoms with E-state index in [1.807, 2.05) is 0 Å². The molecule has 0 saturated heterocycles. The van der Waals surface area contributed by atoms with Gasteiger partial charge in [-0.1, -0.05) is 25.0 Å². The summed E-state index contributed by atoms with van der Waals surface area (Å²) in [4.78, 5) is 35.8. The third-order valence-electron chi connectivity index (χ3n) is 4.11. The highest BCUT2D eigenvalue weighted by Crippen LogP contribution is 2.24. The molecule has 1 aliphatic carbocycles. The molecular weight excluding hydrogens is 296 g/mol. The van der Waals surface area contributed by atoms with E-state index in [9.17, 15) is 14.4 Å². The van der Waals surface area contributed by atoms with Crippen LogP contribution >= 0.6 is 0 Å². The van der Waals surface area contributed by atoms with Crippen molar-refractivity contribution in [2.45, 2.75) is 32.2 Å². The standard InChI is InChI=1S/C17H22N2O4/c1-19(11-15(20)21)17(23)14-8-6-12(7-9-14)10-18-16(22)13-4-2-3-5-13/h6-9,13H,2-5,10-11H2,1H3,(H,18,22)(H,20,21). The SMILES string of the molecule is CN(CC(=O)O)C(=O)c1ccc(CNC(=O)C2CCCC2)cc1. The third-order valence-corrected chi connectivity index (χ3v) is 4.11. The highest BCUT2D eigenvalue weighted by Gasteiger charge is 2.22. The molecule has 6 nitrogen and oxygen atoms in total. The van der Waals surface area contributed by atoms with E-state index in [1.54, 1.807) is 24.3 Å². The first-order chi connectivity index (χ1) is 11.0. The van der Waals surface area contributed by atoms with Gasteiger partial charge in [0.15, 0.2) is 0 Å². The molecule has 0 spiro atoms. The van der Waals surface area contributed by atoms with Gasteiger partial charge in [-0.2, -0.15) is 0 Å². The molecule has 2 rings (SSSR count). The topological polar surface area (TPSA) is 86.7 Å². The molecule has 124 valence electrons. The molecule has 0 heterocycles. The lowest BCUT2D eigenvalue weighted by molar-refractivity contribution is -0.137. The van der Waals surface area contributed by atoms with Gasteiger partial charge in [0.05, 0.1) is 0 Å². The van der Waals surface area contributed by atoms with Crippen LogP contribution in [0.15, 0.2) is 24.3 Å². The van der Waals surface area contributed by atoms with Gasteiger partial charge < -0.3 is 15.3 Å². The van der Waals surface area contributed by atoms with Crippen LogP contribution in [0.2, 0.25) is 0 Å². The molecule has 1 saturated carbocycles. The smallest absolute Gasteiger partial charge is 0.323 e. The van der Waals surface area contributed by atoms with Crippen molar-refractivity contribution in [1.29, 1.82) is 0 Å². The van der Waals surface area contributed by atoms with Gasteiger partial charge in [-0.15, -0.1) is 0 Å². The Hall–Kier alpha value is -2.37. The van der Waals surface area contributed by atoms with Gasteiger partial charge in [-0.3, -0.25) is 14.4 Å². The van der Waals surface area contributed by atoms with Gasteiger partial charge in [-0.05, 0) is 30.5 Å². The average molecular weight is 318 g/mol. The molecule has 2 amide bonds. The number of hydrogen-bond donors (Lipinski definition) is 2. The molecule has 0 aromatic heterocycles. The maximum Gasteiger partial charge on any atom is 0.323 e. The number of carbonyl (C=O) groups is 3. The number of hydrogen-bond acceptors (Lipinski definition) is 3. The summed E-state index contributed by atoms with van der Waals surface area (Å²) in [5, 5.41) is 11.6. The van der Waals surface area contributed by atoms with Gasteiger partial charge in [0.25, 0.3) is 5.91 Å². The van der Waals surface area contributed by atoms with E-state index >= 15 is 0 Å². The average Bonchev–Trinajstić information content (AvgIpc) is 3.06. The second-order valence-corrected chi connectivity index (χ2v) is 5.95. The first kappa shape index (κ1) is 17.0. The zero-order valence-corrected chi connectivity index (χ0v) is 13.2. The van der Waals surface area contributed by atoms with Crippen molar-refractivity contribution in [3.8, 4) is 0 Å². The van der Waals surface area contributed by atoms with Crippen molar-refractivity contribution in [2.24, 2.45) is 5.92 Å². The Morgan fingerprint density at radius 3 is 2.35 bits per heavy atom. The molecule has 2 N–H and O–H groups in total. The Bertz CT molecular complexity index is 577. The number of aliphatic carboxylic acids is 1. The first-order valence-corrected chi connectivity index (χ1v) is 7.81. The first-order valence-electron chi connectivity index (χ1n) is 7.81. The molecule has 23 heavy (non-hydrogen) atoms. The van der Waals surface area contributed by atoms with Crippen molar-refractivity contribution >= 4 is 17.8 Å². The normalized spacial score (nSPS) is 14.5. The minimum Gasteiger partial charge on any atom is -0.480 e. The van der Waals surface area contributed by atoms with Crippen LogP contribution in [0.5, 0.6) is 0 Å². The number of amides is 2. The molecule has 1 fully saturated rings. The van der Waals surface area contributed by atoms with E-state index in [-0.39, 0.29) is 24.3 Å². The van der Waals surface area contributed by atoms with Crippen molar-refractivity contribution < 1.29 is 19.5 Å². The molecule has 0 bridgehead atoms. The zero-order chi connectivity index (χ0) is 16.8. The number of nitrogens with one attached hydrogen (secondary N) is 1. The Morgan fingerprint density at radius 2 is 1.78 bits per heavy atom. The minimum absolute atomic E-state index is 0.101. The monoisotopic (exact) mass is 318 g/mol. The summed E-state index contributed by atoms with van der Waals surface area (Å²) >= 11 is 0. The van der Waals surface area contributed by atoms with E-state index in [1.165, 1.54) is 7.05 Å². The number of carboxylic acids is 1. The molecular formula is C17H22N2O4.